The molecule has 10 aromatic heterocycles. The third kappa shape index (κ3) is 15.5. The Morgan fingerprint density at radius 1 is 0.272 bits per heavy atom. The van der Waals surface area contributed by atoms with E-state index in [1.807, 2.05) is 44.6 Å². The molecule has 0 bridgehead atoms. The molecule has 0 unspecified atom stereocenters. The Morgan fingerprint density at radius 3 is 0.963 bits per heavy atom. The summed E-state index contributed by atoms with van der Waals surface area (Å²) in [7, 11) is 10.4. The minimum absolute atomic E-state index is 1.08. The third-order valence-electron chi connectivity index (χ3n) is 14.8. The van der Waals surface area contributed by atoms with E-state index in [1.54, 1.807) is 0 Å². The highest BCUT2D eigenvalue weighted by Gasteiger charge is 2.20. The topological polar surface area (TPSA) is 83.9 Å². The van der Waals surface area contributed by atoms with Gasteiger partial charge in [-0.3, -0.25) is 24.9 Å². The molecule has 0 aliphatic rings. The molecule has 0 aliphatic carbocycles. The predicted octanol–water partition coefficient (Wildman–Crippen LogP) is 12.8. The summed E-state index contributed by atoms with van der Waals surface area (Å²) in [4.78, 5) is 22.2. The molecule has 0 N–H and O–H groups in total. The zero-order chi connectivity index (χ0) is 59.4. The van der Waals surface area contributed by atoms with Crippen LogP contribution in [0.4, 0.5) is 0 Å². The molecule has 10 heterocycles. The van der Waals surface area contributed by atoms with Crippen molar-refractivity contribution in [2.75, 3.05) is 0 Å². The van der Waals surface area contributed by atoms with Gasteiger partial charge < -0.3 is 0 Å². The van der Waals surface area contributed by atoms with Crippen molar-refractivity contribution < 1.29 is 22.8 Å². The van der Waals surface area contributed by atoms with Crippen LogP contribution in [-0.2, 0) is 35.2 Å². The maximum Gasteiger partial charge on any atom is 0.214 e. The monoisotopic (exact) mass is 1080 g/mol. The summed E-state index contributed by atoms with van der Waals surface area (Å²) in [5.74, 6) is 0. The lowest BCUT2D eigenvalue weighted by Gasteiger charge is -2.09. The number of hydrogen-bond donors (Lipinski definition) is 0. The van der Waals surface area contributed by atoms with Crippen LogP contribution in [0.15, 0.2) is 147 Å². The zero-order valence-electron chi connectivity index (χ0n) is 52.3. The first-order chi connectivity index (χ1) is 38.4. The molecule has 81 heavy (non-hydrogen) atoms. The van der Waals surface area contributed by atoms with E-state index in [9.17, 15) is 0 Å². The molecule has 0 radical (unpaired) electrons. The lowest BCUT2D eigenvalue weighted by atomic mass is 10.0. The van der Waals surface area contributed by atoms with Crippen molar-refractivity contribution in [1.29, 1.82) is 0 Å². The van der Waals surface area contributed by atoms with Crippen molar-refractivity contribution in [3.05, 3.63) is 237 Å². The summed E-state index contributed by atoms with van der Waals surface area (Å²) in [6.07, 6.45) is 16.1. The molecule has 10 rings (SSSR count). The number of aromatic nitrogens is 10. The SMILES string of the molecule is Cc1cc(-c2c(C)ccnc2C)[n+](C)cc1C.Cc1cc(C)c(-c2cccc[n+]2C)c(C)n1.Cc1cc[n+](C)c(-c2c(C)cc(C)nc2C)c1.Cc1cc[n+](C)c(-c2c(C)ccnc2C)c1.Cc1ccnc(C)c1-c1cccc[n+]1C. The molecular weight excluding hydrogens is 993 g/mol. The molecule has 416 valence electrons. The van der Waals surface area contributed by atoms with Gasteiger partial charge in [0.05, 0.1) is 56.3 Å². The van der Waals surface area contributed by atoms with Crippen molar-refractivity contribution in [2.45, 2.75) is 111 Å². The number of nitrogens with zero attached hydrogens (tertiary/aromatic N) is 10. The standard InChI is InChI=1S/2C15H19N2.2C14H17N2.C13H15N2/c1-10-6-7-16-13(4)15(10)14-8-11(2)12(3)9-17(14)5;1-10-6-7-17(5)14(8-10)15-11(2)9-12(3)16-13(15)4;1-10-6-8-16(4)13(9-10)14-11(2)5-7-15-12(14)3;1-10-9-11(2)15-12(3)14(10)13-7-5-6-8-16(13)4;1-10-7-8-14-11(2)13(10)12-6-4-5-9-15(12)3/h2*6-9H,1-5H3;2*5-9H,1-4H3;4-9H,1-3H3/q5*+1. The molecule has 0 saturated heterocycles. The molecule has 0 aromatic carbocycles. The van der Waals surface area contributed by atoms with Gasteiger partial charge in [-0.05, 0) is 198 Å². The van der Waals surface area contributed by atoms with Gasteiger partial charge >= 0.3 is 0 Å². The highest BCUT2D eigenvalue weighted by molar-refractivity contribution is 5.67. The number of rotatable bonds is 5. The molecule has 0 spiro atoms. The second-order valence-electron chi connectivity index (χ2n) is 21.8. The fraction of sp³-hybridized carbons (Fsp3) is 0.296. The Labute approximate surface area is 484 Å². The van der Waals surface area contributed by atoms with E-state index in [0.717, 1.165) is 39.9 Å². The molecule has 10 nitrogen and oxygen atoms in total. The summed E-state index contributed by atoms with van der Waals surface area (Å²) >= 11 is 0. The van der Waals surface area contributed by atoms with Crippen LogP contribution in [0.25, 0.3) is 56.3 Å². The van der Waals surface area contributed by atoms with Gasteiger partial charge in [0.15, 0.2) is 31.0 Å². The van der Waals surface area contributed by atoms with Crippen LogP contribution in [0, 0.1) is 111 Å². The lowest BCUT2D eigenvalue weighted by molar-refractivity contribution is -0.660. The van der Waals surface area contributed by atoms with Crippen LogP contribution in [-0.4, -0.2) is 24.9 Å². The summed E-state index contributed by atoms with van der Waals surface area (Å²) in [6, 6.07) is 33.8. The molecule has 0 aliphatic heterocycles. The number of pyridine rings is 10. The normalized spacial score (nSPS) is 10.5. The van der Waals surface area contributed by atoms with Crippen LogP contribution in [0.2, 0.25) is 0 Å². The van der Waals surface area contributed by atoms with Crippen molar-refractivity contribution in [1.82, 2.24) is 24.9 Å². The smallest absolute Gasteiger partial charge is 0.214 e. The maximum absolute atomic E-state index is 4.57. The average Bonchev–Trinajstić information content (AvgIpc) is 3.41. The molecule has 0 amide bonds. The number of hydrogen-bond acceptors (Lipinski definition) is 5. The maximum atomic E-state index is 4.57. The third-order valence-corrected chi connectivity index (χ3v) is 14.8. The van der Waals surface area contributed by atoms with Crippen LogP contribution < -0.4 is 22.8 Å². The average molecular weight is 1080 g/mol. The van der Waals surface area contributed by atoms with Gasteiger partial charge in [-0.25, -0.2) is 22.8 Å². The van der Waals surface area contributed by atoms with Gasteiger partial charge in [-0.2, -0.15) is 0 Å². The molecule has 0 fully saturated rings. The largest absolute Gasteiger partial charge is 0.261 e. The summed E-state index contributed by atoms with van der Waals surface area (Å²) < 4.78 is 10.7. The van der Waals surface area contributed by atoms with Crippen molar-refractivity contribution in [3.8, 4) is 56.3 Å². The summed E-state index contributed by atoms with van der Waals surface area (Å²) in [5, 5.41) is 0. The van der Waals surface area contributed by atoms with Crippen LogP contribution in [0.1, 0.15) is 89.9 Å². The first-order valence-electron chi connectivity index (χ1n) is 27.8. The van der Waals surface area contributed by atoms with E-state index in [0.29, 0.717) is 0 Å². The van der Waals surface area contributed by atoms with E-state index in [2.05, 4.69) is 296 Å². The minimum Gasteiger partial charge on any atom is -0.261 e. The Kier molecular flexibility index (Phi) is 21.0. The van der Waals surface area contributed by atoms with E-state index >= 15 is 0 Å². The second-order valence-corrected chi connectivity index (χ2v) is 21.8. The lowest BCUT2D eigenvalue weighted by Crippen LogP contribution is -2.32. The van der Waals surface area contributed by atoms with E-state index < -0.39 is 0 Å². The van der Waals surface area contributed by atoms with Gasteiger partial charge in [-0.1, -0.05) is 0 Å². The van der Waals surface area contributed by atoms with Crippen molar-refractivity contribution >= 4 is 0 Å². The highest BCUT2D eigenvalue weighted by Crippen LogP contribution is 2.28. The van der Waals surface area contributed by atoms with Gasteiger partial charge in [0.2, 0.25) is 28.5 Å². The Bertz CT molecular complexity index is 3750. The minimum atomic E-state index is 1.08. The fourth-order valence-corrected chi connectivity index (χ4v) is 10.6. The Hall–Kier alpha value is -8.50. The van der Waals surface area contributed by atoms with E-state index in [-0.39, 0.29) is 0 Å². The molecule has 0 atom stereocenters. The van der Waals surface area contributed by atoms with Gasteiger partial charge in [0, 0.05) is 90.1 Å². The Balaban J connectivity index is 0.000000163. The summed E-state index contributed by atoms with van der Waals surface area (Å²) in [5.41, 5.74) is 31.5. The molecular formula is C71H87N10+5. The molecule has 10 aromatic rings. The fourth-order valence-electron chi connectivity index (χ4n) is 10.6. The van der Waals surface area contributed by atoms with E-state index in [4.69, 9.17) is 0 Å². The quantitative estimate of drug-likeness (QED) is 0.160. The summed E-state index contributed by atoms with van der Waals surface area (Å²) in [6.45, 7) is 33.6. The molecule has 10 heteroatoms. The van der Waals surface area contributed by atoms with Gasteiger partial charge in [-0.15, -0.1) is 0 Å². The van der Waals surface area contributed by atoms with Gasteiger partial charge in [0.25, 0.3) is 0 Å². The predicted molar refractivity (Wildman–Crippen MR) is 330 cm³/mol. The van der Waals surface area contributed by atoms with Crippen molar-refractivity contribution in [2.24, 2.45) is 35.2 Å². The van der Waals surface area contributed by atoms with Gasteiger partial charge in [0.1, 0.15) is 35.2 Å². The molecule has 0 saturated carbocycles. The highest BCUT2D eigenvalue weighted by atomic mass is 14.9. The first kappa shape index (κ1) is 61.7. The van der Waals surface area contributed by atoms with Crippen LogP contribution >= 0.6 is 0 Å². The van der Waals surface area contributed by atoms with Crippen LogP contribution in [0.5, 0.6) is 0 Å². The van der Waals surface area contributed by atoms with Crippen molar-refractivity contribution in [3.63, 3.8) is 0 Å². The van der Waals surface area contributed by atoms with E-state index in [1.165, 1.54) is 106 Å². The Morgan fingerprint density at radius 2 is 0.605 bits per heavy atom. The second kappa shape index (κ2) is 27.6. The van der Waals surface area contributed by atoms with Crippen LogP contribution in [0.3, 0.4) is 0 Å². The number of aryl methyl sites for hydroxylation is 21. The first-order valence-corrected chi connectivity index (χ1v) is 27.8. The zero-order valence-corrected chi connectivity index (χ0v) is 52.3.